The molecule has 0 aromatic rings. The molecule has 2 fully saturated rings. The summed E-state index contributed by atoms with van der Waals surface area (Å²) >= 11 is 0. The van der Waals surface area contributed by atoms with Gasteiger partial charge < -0.3 is 0 Å². The zero-order valence-electron chi connectivity index (χ0n) is 6.75. The fraction of sp³-hybridized carbons (Fsp3) is 0.778. The molecule has 56 valence electrons. The molecule has 0 N–H and O–H groups in total. The van der Waals surface area contributed by atoms with Crippen LogP contribution in [-0.2, 0) is 0 Å². The lowest BCUT2D eigenvalue weighted by Crippen LogP contribution is -2.44. The first-order valence-electron chi connectivity index (χ1n) is 4.14. The van der Waals surface area contributed by atoms with Gasteiger partial charge in [-0.2, -0.15) is 0 Å². The van der Waals surface area contributed by atoms with Gasteiger partial charge in [0.25, 0.3) is 0 Å². The molecule has 2 rings (SSSR count). The third-order valence-corrected chi connectivity index (χ3v) is 3.18. The van der Waals surface area contributed by atoms with Gasteiger partial charge in [0.1, 0.15) is 0 Å². The lowest BCUT2D eigenvalue weighted by molar-refractivity contribution is 0.141. The average molecular weight is 137 g/mol. The Hall–Kier alpha value is -0.300. The van der Waals surface area contributed by atoms with E-state index in [9.17, 15) is 0 Å². The normalized spacial score (nSPS) is 47.2. The van der Waals surface area contributed by atoms with Gasteiger partial charge in [-0.25, -0.2) is 0 Å². The average Bonchev–Trinajstić information content (AvgIpc) is 2.32. The van der Waals surface area contributed by atoms with E-state index < -0.39 is 0 Å². The summed E-state index contributed by atoms with van der Waals surface area (Å²) in [7, 11) is 0. The molecule has 0 radical (unpaired) electrons. The monoisotopic (exact) mass is 137 g/mol. The minimum absolute atomic E-state index is 0.603. The van der Waals surface area contributed by atoms with Crippen molar-refractivity contribution in [3.63, 3.8) is 0 Å². The van der Waals surface area contributed by atoms with Crippen LogP contribution < -0.4 is 0 Å². The Kier molecular flexibility index (Phi) is 1.19. The highest BCUT2D eigenvalue weighted by atomic mass is 15.3. The Morgan fingerprint density at radius 3 is 2.70 bits per heavy atom. The molecule has 1 saturated carbocycles. The SMILES string of the molecule is C=CC(C)N1CC2C(C)C21. The van der Waals surface area contributed by atoms with Gasteiger partial charge in [0.05, 0.1) is 0 Å². The molecule has 1 saturated heterocycles. The Bertz CT molecular complexity index is 160. The molecule has 0 bridgehead atoms. The topological polar surface area (TPSA) is 3.24 Å². The number of likely N-dealkylation sites (tertiary alicyclic amines) is 1. The van der Waals surface area contributed by atoms with Gasteiger partial charge in [-0.3, -0.25) is 4.90 Å². The molecule has 4 atom stereocenters. The van der Waals surface area contributed by atoms with E-state index in [4.69, 9.17) is 0 Å². The van der Waals surface area contributed by atoms with Crippen molar-refractivity contribution in [2.24, 2.45) is 11.8 Å². The van der Waals surface area contributed by atoms with E-state index in [-0.39, 0.29) is 0 Å². The smallest absolute Gasteiger partial charge is 0.0250 e. The third-order valence-electron chi connectivity index (χ3n) is 3.18. The molecule has 1 aliphatic carbocycles. The molecule has 1 nitrogen and oxygen atoms in total. The van der Waals surface area contributed by atoms with Crippen LogP contribution in [0.2, 0.25) is 0 Å². The van der Waals surface area contributed by atoms with E-state index in [0.717, 1.165) is 17.9 Å². The Balaban J connectivity index is 1.93. The quantitative estimate of drug-likeness (QED) is 0.521. The van der Waals surface area contributed by atoms with Gasteiger partial charge >= 0.3 is 0 Å². The highest BCUT2D eigenvalue weighted by Gasteiger charge is 2.59. The van der Waals surface area contributed by atoms with Crippen molar-refractivity contribution in [1.29, 1.82) is 0 Å². The zero-order valence-corrected chi connectivity index (χ0v) is 6.75. The van der Waals surface area contributed by atoms with Crippen molar-refractivity contribution in [3.8, 4) is 0 Å². The van der Waals surface area contributed by atoms with Crippen LogP contribution in [0.5, 0.6) is 0 Å². The lowest BCUT2D eigenvalue weighted by Gasteiger charge is -2.34. The number of hydrogen-bond donors (Lipinski definition) is 0. The van der Waals surface area contributed by atoms with Crippen molar-refractivity contribution in [1.82, 2.24) is 4.90 Å². The summed E-state index contributed by atoms with van der Waals surface area (Å²) in [6.45, 7) is 9.70. The predicted molar refractivity (Wildman–Crippen MR) is 42.8 cm³/mol. The molecule has 1 heterocycles. The molecule has 10 heavy (non-hydrogen) atoms. The maximum absolute atomic E-state index is 3.80. The van der Waals surface area contributed by atoms with E-state index in [2.05, 4.69) is 25.3 Å². The molecule has 1 heteroatoms. The molecule has 0 aromatic carbocycles. The summed E-state index contributed by atoms with van der Waals surface area (Å²) in [5.41, 5.74) is 0. The van der Waals surface area contributed by atoms with Crippen LogP contribution in [0.3, 0.4) is 0 Å². The second-order valence-electron chi connectivity index (χ2n) is 3.69. The second kappa shape index (κ2) is 1.85. The van der Waals surface area contributed by atoms with Gasteiger partial charge in [0.15, 0.2) is 0 Å². The summed E-state index contributed by atoms with van der Waals surface area (Å²) in [5.74, 6) is 2.02. The van der Waals surface area contributed by atoms with Gasteiger partial charge in [-0.05, 0) is 18.8 Å². The third kappa shape index (κ3) is 0.615. The van der Waals surface area contributed by atoms with Crippen molar-refractivity contribution < 1.29 is 0 Å². The fourth-order valence-corrected chi connectivity index (χ4v) is 2.14. The fourth-order valence-electron chi connectivity index (χ4n) is 2.14. The molecule has 0 amide bonds. The Labute approximate surface area is 62.7 Å². The number of hydrogen-bond acceptors (Lipinski definition) is 1. The maximum Gasteiger partial charge on any atom is 0.0250 e. The van der Waals surface area contributed by atoms with E-state index in [1.54, 1.807) is 0 Å². The molecule has 2 aliphatic rings. The highest BCUT2D eigenvalue weighted by molar-refractivity contribution is 5.14. The number of nitrogens with zero attached hydrogens (tertiary/aromatic N) is 1. The van der Waals surface area contributed by atoms with E-state index >= 15 is 0 Å². The van der Waals surface area contributed by atoms with Crippen LogP contribution in [0.4, 0.5) is 0 Å². The summed E-state index contributed by atoms with van der Waals surface area (Å²) in [4.78, 5) is 2.54. The van der Waals surface area contributed by atoms with E-state index in [1.807, 2.05) is 6.08 Å². The first kappa shape index (κ1) is 6.41. The Morgan fingerprint density at radius 2 is 2.40 bits per heavy atom. The molecular formula is C9H15N. The van der Waals surface area contributed by atoms with Crippen LogP contribution in [-0.4, -0.2) is 23.5 Å². The first-order chi connectivity index (χ1) is 4.75. The van der Waals surface area contributed by atoms with Crippen molar-refractivity contribution in [2.75, 3.05) is 6.54 Å². The van der Waals surface area contributed by atoms with E-state index in [0.29, 0.717) is 6.04 Å². The van der Waals surface area contributed by atoms with Crippen molar-refractivity contribution >= 4 is 0 Å². The summed E-state index contributed by atoms with van der Waals surface area (Å²) in [6, 6.07) is 1.53. The van der Waals surface area contributed by atoms with E-state index in [1.165, 1.54) is 6.54 Å². The molecule has 0 spiro atoms. The molecule has 0 aromatic heterocycles. The predicted octanol–water partition coefficient (Wildman–Crippen LogP) is 1.51. The van der Waals surface area contributed by atoms with Crippen LogP contribution in [0.25, 0.3) is 0 Å². The minimum atomic E-state index is 0.603. The number of fused-ring (bicyclic) bond motifs is 1. The lowest BCUT2D eigenvalue weighted by atomic mass is 10.1. The molecule has 1 aliphatic heterocycles. The summed E-state index contributed by atoms with van der Waals surface area (Å²) < 4.78 is 0. The molecule has 4 unspecified atom stereocenters. The van der Waals surface area contributed by atoms with Crippen LogP contribution >= 0.6 is 0 Å². The Morgan fingerprint density at radius 1 is 1.70 bits per heavy atom. The second-order valence-corrected chi connectivity index (χ2v) is 3.69. The van der Waals surface area contributed by atoms with Crippen molar-refractivity contribution in [2.45, 2.75) is 25.9 Å². The van der Waals surface area contributed by atoms with Crippen LogP contribution in [0.1, 0.15) is 13.8 Å². The maximum atomic E-state index is 3.80. The summed E-state index contributed by atoms with van der Waals surface area (Å²) in [6.07, 6.45) is 2.04. The largest absolute Gasteiger partial charge is 0.293 e. The summed E-state index contributed by atoms with van der Waals surface area (Å²) in [5, 5.41) is 0. The van der Waals surface area contributed by atoms with Crippen LogP contribution in [0.15, 0.2) is 12.7 Å². The molecular weight excluding hydrogens is 122 g/mol. The zero-order chi connectivity index (χ0) is 7.30. The van der Waals surface area contributed by atoms with Gasteiger partial charge in [-0.15, -0.1) is 6.58 Å². The minimum Gasteiger partial charge on any atom is -0.293 e. The highest BCUT2D eigenvalue weighted by Crippen LogP contribution is 2.52. The van der Waals surface area contributed by atoms with Gasteiger partial charge in [0.2, 0.25) is 0 Å². The van der Waals surface area contributed by atoms with Crippen LogP contribution in [0, 0.1) is 11.8 Å². The first-order valence-corrected chi connectivity index (χ1v) is 4.14. The van der Waals surface area contributed by atoms with Crippen molar-refractivity contribution in [3.05, 3.63) is 12.7 Å². The number of rotatable bonds is 2. The van der Waals surface area contributed by atoms with Gasteiger partial charge in [0, 0.05) is 18.6 Å². The standard InChI is InChI=1S/C9H15N/c1-4-6(2)10-5-8-7(3)9(8)10/h4,6-9H,1,5H2,2-3H3. The van der Waals surface area contributed by atoms with Gasteiger partial charge in [-0.1, -0.05) is 13.0 Å².